The Morgan fingerprint density at radius 3 is 2.61 bits per heavy atom. The number of H-pyrrole nitrogens is 1. The Bertz CT molecular complexity index is 708. The fourth-order valence-electron chi connectivity index (χ4n) is 2.13. The van der Waals surface area contributed by atoms with E-state index < -0.39 is 0 Å². The summed E-state index contributed by atoms with van der Waals surface area (Å²) < 4.78 is 0. The molecule has 0 amide bonds. The van der Waals surface area contributed by atoms with Crippen molar-refractivity contribution >= 4 is 16.6 Å². The average molecular weight is 234 g/mol. The fourth-order valence-corrected chi connectivity index (χ4v) is 2.13. The minimum Gasteiger partial charge on any atom is -0.342 e. The van der Waals surface area contributed by atoms with Crippen LogP contribution in [0.5, 0.6) is 0 Å². The zero-order valence-electron chi connectivity index (χ0n) is 10.3. The van der Waals surface area contributed by atoms with Crippen LogP contribution in [0.1, 0.15) is 17.0 Å². The number of benzene rings is 2. The average Bonchev–Trinajstić information content (AvgIpc) is 2.78. The van der Waals surface area contributed by atoms with E-state index in [1.165, 1.54) is 0 Å². The molecule has 0 aliphatic carbocycles. The standard InChI is InChI=1S/C16H14N2/c1-11(13-6-4-3-5-7-13)14-8-9-15-16(10-14)18-12(2)17-15/h3-10H,1H2,2H3,(H,17,18). The lowest BCUT2D eigenvalue weighted by Crippen LogP contribution is -1.85. The van der Waals surface area contributed by atoms with E-state index >= 15 is 0 Å². The van der Waals surface area contributed by atoms with Gasteiger partial charge in [0, 0.05) is 0 Å². The van der Waals surface area contributed by atoms with Gasteiger partial charge in [0.05, 0.1) is 11.0 Å². The highest BCUT2D eigenvalue weighted by molar-refractivity contribution is 5.85. The first-order chi connectivity index (χ1) is 8.74. The molecule has 0 fully saturated rings. The van der Waals surface area contributed by atoms with Crippen LogP contribution >= 0.6 is 0 Å². The van der Waals surface area contributed by atoms with Gasteiger partial charge in [-0.3, -0.25) is 0 Å². The summed E-state index contributed by atoms with van der Waals surface area (Å²) in [6.07, 6.45) is 0. The molecule has 88 valence electrons. The third kappa shape index (κ3) is 1.82. The largest absolute Gasteiger partial charge is 0.342 e. The molecule has 0 aliphatic heterocycles. The first kappa shape index (κ1) is 10.8. The number of nitrogens with zero attached hydrogens (tertiary/aromatic N) is 1. The van der Waals surface area contributed by atoms with E-state index in [-0.39, 0.29) is 0 Å². The lowest BCUT2D eigenvalue weighted by atomic mass is 9.99. The summed E-state index contributed by atoms with van der Waals surface area (Å²) in [5.41, 5.74) is 5.36. The van der Waals surface area contributed by atoms with E-state index in [0.29, 0.717) is 0 Å². The van der Waals surface area contributed by atoms with E-state index in [4.69, 9.17) is 0 Å². The number of aromatic nitrogens is 2. The normalized spacial score (nSPS) is 10.7. The molecule has 3 aromatic rings. The maximum Gasteiger partial charge on any atom is 0.104 e. The van der Waals surface area contributed by atoms with Crippen LogP contribution in [-0.2, 0) is 0 Å². The van der Waals surface area contributed by atoms with Gasteiger partial charge in [-0.15, -0.1) is 0 Å². The highest BCUT2D eigenvalue weighted by Gasteiger charge is 2.05. The molecule has 1 N–H and O–H groups in total. The van der Waals surface area contributed by atoms with E-state index in [1.807, 2.05) is 31.2 Å². The Labute approximate surface area is 106 Å². The van der Waals surface area contributed by atoms with Crippen LogP contribution in [0.3, 0.4) is 0 Å². The second-order valence-corrected chi connectivity index (χ2v) is 4.40. The smallest absolute Gasteiger partial charge is 0.104 e. The molecule has 0 saturated carbocycles. The Hall–Kier alpha value is -2.35. The summed E-state index contributed by atoms with van der Waals surface area (Å²) in [6, 6.07) is 16.4. The number of rotatable bonds is 2. The zero-order chi connectivity index (χ0) is 12.5. The highest BCUT2D eigenvalue weighted by atomic mass is 14.9. The van der Waals surface area contributed by atoms with Crippen molar-refractivity contribution in [1.82, 2.24) is 9.97 Å². The van der Waals surface area contributed by atoms with Crippen molar-refractivity contribution in [1.29, 1.82) is 0 Å². The molecule has 2 heteroatoms. The minimum atomic E-state index is 0.937. The number of hydrogen-bond acceptors (Lipinski definition) is 1. The molecule has 0 radical (unpaired) electrons. The summed E-state index contributed by atoms with van der Waals surface area (Å²) in [7, 11) is 0. The summed E-state index contributed by atoms with van der Waals surface area (Å²) in [4.78, 5) is 7.65. The zero-order valence-corrected chi connectivity index (χ0v) is 10.3. The van der Waals surface area contributed by atoms with Crippen LogP contribution in [0.25, 0.3) is 16.6 Å². The number of aryl methyl sites for hydroxylation is 1. The van der Waals surface area contributed by atoms with Crippen molar-refractivity contribution in [2.24, 2.45) is 0 Å². The quantitative estimate of drug-likeness (QED) is 0.715. The van der Waals surface area contributed by atoms with Gasteiger partial charge in [-0.1, -0.05) is 43.0 Å². The molecule has 0 bridgehead atoms. The van der Waals surface area contributed by atoms with Crippen molar-refractivity contribution in [2.45, 2.75) is 6.92 Å². The Morgan fingerprint density at radius 1 is 1.06 bits per heavy atom. The van der Waals surface area contributed by atoms with E-state index in [9.17, 15) is 0 Å². The summed E-state index contributed by atoms with van der Waals surface area (Å²) in [5.74, 6) is 0.937. The topological polar surface area (TPSA) is 28.7 Å². The van der Waals surface area contributed by atoms with Crippen molar-refractivity contribution in [3.05, 3.63) is 72.1 Å². The predicted molar refractivity (Wildman–Crippen MR) is 75.4 cm³/mol. The van der Waals surface area contributed by atoms with Gasteiger partial charge in [0.2, 0.25) is 0 Å². The van der Waals surface area contributed by atoms with E-state index in [1.54, 1.807) is 0 Å². The molecule has 0 unspecified atom stereocenters. The molecule has 1 heterocycles. The predicted octanol–water partition coefficient (Wildman–Crippen LogP) is 3.93. The van der Waals surface area contributed by atoms with Crippen molar-refractivity contribution in [3.8, 4) is 0 Å². The highest BCUT2D eigenvalue weighted by Crippen LogP contribution is 2.24. The molecule has 1 aromatic heterocycles. The molecule has 0 atom stereocenters. The summed E-state index contributed by atoms with van der Waals surface area (Å²) >= 11 is 0. The molecule has 0 spiro atoms. The minimum absolute atomic E-state index is 0.937. The molecule has 2 aromatic carbocycles. The van der Waals surface area contributed by atoms with Gasteiger partial charge in [0.25, 0.3) is 0 Å². The van der Waals surface area contributed by atoms with Crippen molar-refractivity contribution in [3.63, 3.8) is 0 Å². The number of fused-ring (bicyclic) bond motifs is 1. The fraction of sp³-hybridized carbons (Fsp3) is 0.0625. The summed E-state index contributed by atoms with van der Waals surface area (Å²) in [6.45, 7) is 6.14. The second-order valence-electron chi connectivity index (χ2n) is 4.40. The number of aromatic amines is 1. The van der Waals surface area contributed by atoms with Crippen LogP contribution in [0.2, 0.25) is 0 Å². The lowest BCUT2D eigenvalue weighted by Gasteiger charge is -2.05. The Kier molecular flexibility index (Phi) is 2.49. The summed E-state index contributed by atoms with van der Waals surface area (Å²) in [5, 5.41) is 0. The van der Waals surface area contributed by atoms with Crippen LogP contribution in [0, 0.1) is 6.92 Å². The third-order valence-corrected chi connectivity index (χ3v) is 3.07. The maximum absolute atomic E-state index is 4.40. The molecular formula is C16H14N2. The third-order valence-electron chi connectivity index (χ3n) is 3.07. The van der Waals surface area contributed by atoms with Gasteiger partial charge in [-0.05, 0) is 35.8 Å². The maximum atomic E-state index is 4.40. The lowest BCUT2D eigenvalue weighted by molar-refractivity contribution is 1.17. The van der Waals surface area contributed by atoms with Gasteiger partial charge >= 0.3 is 0 Å². The van der Waals surface area contributed by atoms with Crippen molar-refractivity contribution < 1.29 is 0 Å². The number of imidazole rings is 1. The first-order valence-electron chi connectivity index (χ1n) is 5.95. The van der Waals surface area contributed by atoms with E-state index in [0.717, 1.165) is 33.6 Å². The molecule has 3 rings (SSSR count). The molecule has 2 nitrogen and oxygen atoms in total. The van der Waals surface area contributed by atoms with Crippen LogP contribution in [0.4, 0.5) is 0 Å². The monoisotopic (exact) mass is 234 g/mol. The van der Waals surface area contributed by atoms with Gasteiger partial charge in [-0.25, -0.2) is 4.98 Å². The van der Waals surface area contributed by atoms with Crippen LogP contribution in [-0.4, -0.2) is 9.97 Å². The molecular weight excluding hydrogens is 220 g/mol. The van der Waals surface area contributed by atoms with Crippen LogP contribution < -0.4 is 0 Å². The Morgan fingerprint density at radius 2 is 1.83 bits per heavy atom. The first-order valence-corrected chi connectivity index (χ1v) is 5.95. The van der Waals surface area contributed by atoms with Crippen LogP contribution in [0.15, 0.2) is 55.1 Å². The molecule has 0 aliphatic rings. The number of nitrogens with one attached hydrogen (secondary N) is 1. The van der Waals surface area contributed by atoms with E-state index in [2.05, 4.69) is 40.8 Å². The van der Waals surface area contributed by atoms with Gasteiger partial charge < -0.3 is 4.98 Å². The SMILES string of the molecule is C=C(c1ccccc1)c1ccc2nc(C)[nH]c2c1. The van der Waals surface area contributed by atoms with Crippen molar-refractivity contribution in [2.75, 3.05) is 0 Å². The molecule has 18 heavy (non-hydrogen) atoms. The van der Waals surface area contributed by atoms with Gasteiger partial charge in [-0.2, -0.15) is 0 Å². The number of hydrogen-bond donors (Lipinski definition) is 1. The molecule has 0 saturated heterocycles. The van der Waals surface area contributed by atoms with Gasteiger partial charge in [0.15, 0.2) is 0 Å². The van der Waals surface area contributed by atoms with Gasteiger partial charge in [0.1, 0.15) is 5.82 Å². The second kappa shape index (κ2) is 4.15. The Balaban J connectivity index is 2.06.